The molecule has 1 N–H and O–H groups in total. The van der Waals surface area contributed by atoms with Gasteiger partial charge in [0.25, 0.3) is 0 Å². The molecule has 0 spiro atoms. The van der Waals surface area contributed by atoms with Crippen molar-refractivity contribution in [3.8, 4) is 17.2 Å². The number of hydrogen-bond donors (Lipinski definition) is 1. The number of amides is 1. The molecular formula is C29H28N4O3. The monoisotopic (exact) mass is 480 g/mol. The van der Waals surface area contributed by atoms with Gasteiger partial charge in [0, 0.05) is 42.7 Å². The van der Waals surface area contributed by atoms with Gasteiger partial charge in [-0.15, -0.1) is 0 Å². The molecule has 1 amide bonds. The molecule has 1 saturated heterocycles. The molecule has 0 aliphatic carbocycles. The third-order valence-corrected chi connectivity index (χ3v) is 7.16. The van der Waals surface area contributed by atoms with Crippen LogP contribution in [0.2, 0.25) is 0 Å². The zero-order valence-corrected chi connectivity index (χ0v) is 20.2. The van der Waals surface area contributed by atoms with Crippen LogP contribution >= 0.6 is 0 Å². The predicted molar refractivity (Wildman–Crippen MR) is 137 cm³/mol. The van der Waals surface area contributed by atoms with E-state index < -0.39 is 6.09 Å². The van der Waals surface area contributed by atoms with Crippen LogP contribution in [0.5, 0.6) is 0 Å². The van der Waals surface area contributed by atoms with Gasteiger partial charge < -0.3 is 14.7 Å². The molecule has 182 valence electrons. The van der Waals surface area contributed by atoms with Gasteiger partial charge in [-0.1, -0.05) is 42.5 Å². The van der Waals surface area contributed by atoms with Gasteiger partial charge in [-0.2, -0.15) is 10.4 Å². The van der Waals surface area contributed by atoms with Crippen molar-refractivity contribution in [2.45, 2.75) is 24.9 Å². The van der Waals surface area contributed by atoms with Gasteiger partial charge >= 0.3 is 6.09 Å². The van der Waals surface area contributed by atoms with E-state index in [0.29, 0.717) is 44.7 Å². The summed E-state index contributed by atoms with van der Waals surface area (Å²) in [4.78, 5) is 13.0. The van der Waals surface area contributed by atoms with Crippen LogP contribution in [0.1, 0.15) is 29.5 Å². The molecule has 5 rings (SSSR count). The number of carbonyl (C=O) groups is 1. The lowest BCUT2D eigenvalue weighted by atomic mass is 9.73. The topological polar surface area (TPSA) is 91.4 Å². The second-order valence-electron chi connectivity index (χ2n) is 9.47. The van der Waals surface area contributed by atoms with Crippen molar-refractivity contribution < 1.29 is 14.6 Å². The van der Waals surface area contributed by atoms with E-state index in [0.717, 1.165) is 27.6 Å². The number of carboxylic acid groups (broad SMARTS) is 1. The van der Waals surface area contributed by atoms with Crippen LogP contribution in [0.25, 0.3) is 22.0 Å². The summed E-state index contributed by atoms with van der Waals surface area (Å²) in [5, 5.41) is 24.3. The highest BCUT2D eigenvalue weighted by Crippen LogP contribution is 2.37. The van der Waals surface area contributed by atoms with Gasteiger partial charge in [0.15, 0.2) is 0 Å². The van der Waals surface area contributed by atoms with Crippen LogP contribution in [-0.4, -0.2) is 45.6 Å². The highest BCUT2D eigenvalue weighted by Gasteiger charge is 2.37. The van der Waals surface area contributed by atoms with Crippen molar-refractivity contribution in [3.63, 3.8) is 0 Å². The number of aromatic nitrogens is 2. The largest absolute Gasteiger partial charge is 0.465 e. The van der Waals surface area contributed by atoms with E-state index in [4.69, 9.17) is 10.00 Å². The lowest BCUT2D eigenvalue weighted by Gasteiger charge is -2.41. The normalized spacial score (nSPS) is 15.1. The number of likely N-dealkylation sites (tertiary alicyclic amines) is 1. The highest BCUT2D eigenvalue weighted by atomic mass is 16.5. The molecule has 1 aliphatic heterocycles. The van der Waals surface area contributed by atoms with Gasteiger partial charge in [-0.05, 0) is 53.8 Å². The smallest absolute Gasteiger partial charge is 0.407 e. The molecule has 4 aromatic rings. The average Bonchev–Trinajstić information content (AvgIpc) is 3.30. The van der Waals surface area contributed by atoms with Crippen LogP contribution in [-0.2, 0) is 23.8 Å². The summed E-state index contributed by atoms with van der Waals surface area (Å²) < 4.78 is 8.21. The van der Waals surface area contributed by atoms with E-state index in [1.54, 1.807) is 0 Å². The maximum absolute atomic E-state index is 11.5. The summed E-state index contributed by atoms with van der Waals surface area (Å²) in [5.74, 6) is 0. The summed E-state index contributed by atoms with van der Waals surface area (Å²) in [6, 6.07) is 24.2. The van der Waals surface area contributed by atoms with Crippen LogP contribution in [0, 0.1) is 11.3 Å². The number of nitriles is 1. The molecule has 7 nitrogen and oxygen atoms in total. The Morgan fingerprint density at radius 3 is 2.47 bits per heavy atom. The summed E-state index contributed by atoms with van der Waals surface area (Å²) in [5.41, 5.74) is 5.56. The third kappa shape index (κ3) is 4.68. The number of piperidine rings is 1. The zero-order chi connectivity index (χ0) is 25.1. The van der Waals surface area contributed by atoms with Gasteiger partial charge in [0.2, 0.25) is 0 Å². The van der Waals surface area contributed by atoms with Gasteiger partial charge in [-0.3, -0.25) is 4.68 Å². The minimum atomic E-state index is -0.866. The molecule has 36 heavy (non-hydrogen) atoms. The molecular weight excluding hydrogens is 452 g/mol. The molecule has 1 aromatic heterocycles. The summed E-state index contributed by atoms with van der Waals surface area (Å²) in [6.45, 7) is 1.88. The zero-order valence-electron chi connectivity index (χ0n) is 20.2. The van der Waals surface area contributed by atoms with Gasteiger partial charge in [0.1, 0.15) is 0 Å². The molecule has 0 bridgehead atoms. The minimum absolute atomic E-state index is 0.235. The fraction of sp³-hybridized carbons (Fsp3) is 0.276. The quantitative estimate of drug-likeness (QED) is 0.402. The van der Waals surface area contributed by atoms with E-state index in [1.807, 2.05) is 60.4 Å². The Kier molecular flexibility index (Phi) is 6.45. The Morgan fingerprint density at radius 2 is 1.81 bits per heavy atom. The van der Waals surface area contributed by atoms with Crippen molar-refractivity contribution in [1.29, 1.82) is 5.26 Å². The Balaban J connectivity index is 1.41. The van der Waals surface area contributed by atoms with Crippen LogP contribution in [0.4, 0.5) is 4.79 Å². The number of nitrogens with zero attached hydrogens (tertiary/aromatic N) is 4. The Labute approximate surface area is 210 Å². The minimum Gasteiger partial charge on any atom is -0.465 e. The third-order valence-electron chi connectivity index (χ3n) is 7.16. The first-order chi connectivity index (χ1) is 17.5. The van der Waals surface area contributed by atoms with Crippen LogP contribution in [0.3, 0.4) is 0 Å². The molecule has 1 fully saturated rings. The molecule has 1 aliphatic rings. The number of aryl methyl sites for hydroxylation is 1. The van der Waals surface area contributed by atoms with E-state index in [2.05, 4.69) is 35.4 Å². The first kappa shape index (κ1) is 23.6. The molecule has 7 heteroatoms. The summed E-state index contributed by atoms with van der Waals surface area (Å²) in [6.07, 6.45) is 2.56. The molecule has 0 unspecified atom stereocenters. The van der Waals surface area contributed by atoms with Gasteiger partial charge in [-0.25, -0.2) is 4.79 Å². The number of hydrogen-bond acceptors (Lipinski definition) is 4. The van der Waals surface area contributed by atoms with Crippen molar-refractivity contribution in [2.75, 3.05) is 19.7 Å². The maximum Gasteiger partial charge on any atom is 0.407 e. The molecule has 3 aromatic carbocycles. The van der Waals surface area contributed by atoms with Gasteiger partial charge in [0.05, 0.1) is 30.4 Å². The van der Waals surface area contributed by atoms with Crippen molar-refractivity contribution in [1.82, 2.24) is 14.7 Å². The lowest BCUT2D eigenvalue weighted by Crippen LogP contribution is -2.47. The van der Waals surface area contributed by atoms with E-state index in [-0.39, 0.29) is 5.41 Å². The fourth-order valence-corrected chi connectivity index (χ4v) is 5.13. The van der Waals surface area contributed by atoms with Crippen molar-refractivity contribution in [3.05, 3.63) is 89.6 Å². The average molecular weight is 481 g/mol. The summed E-state index contributed by atoms with van der Waals surface area (Å²) >= 11 is 0. The Hall–Kier alpha value is -4.15. The maximum atomic E-state index is 11.5. The number of rotatable bonds is 6. The lowest BCUT2D eigenvalue weighted by molar-refractivity contribution is 0.0372. The van der Waals surface area contributed by atoms with Crippen LogP contribution in [0.15, 0.2) is 72.9 Å². The second kappa shape index (κ2) is 9.84. The number of benzene rings is 3. The molecule has 0 saturated carbocycles. The summed E-state index contributed by atoms with van der Waals surface area (Å²) in [7, 11) is 1.91. The first-order valence-electron chi connectivity index (χ1n) is 12.1. The molecule has 0 radical (unpaired) electrons. The Morgan fingerprint density at radius 1 is 1.08 bits per heavy atom. The van der Waals surface area contributed by atoms with Crippen molar-refractivity contribution in [2.24, 2.45) is 7.05 Å². The predicted octanol–water partition coefficient (Wildman–Crippen LogP) is 5.34. The highest BCUT2D eigenvalue weighted by molar-refractivity contribution is 5.87. The molecule has 0 atom stereocenters. The van der Waals surface area contributed by atoms with E-state index in [1.165, 1.54) is 10.5 Å². The van der Waals surface area contributed by atoms with E-state index >= 15 is 0 Å². The standard InChI is InChI=1S/C29H28N4O3/c1-32-18-24-15-23(22-9-7-21(17-30)8-10-22)16-25(27(24)31-32)19-36-20-29(26-5-3-2-4-6-26)11-13-33(14-12-29)28(34)35/h2-10,15-16,18H,11-14,19-20H2,1H3,(H,34,35). The number of fused-ring (bicyclic) bond motifs is 1. The number of ether oxygens (including phenoxy) is 1. The van der Waals surface area contributed by atoms with Crippen LogP contribution < -0.4 is 0 Å². The molecule has 2 heterocycles. The second-order valence-corrected chi connectivity index (χ2v) is 9.47. The Bertz CT molecular complexity index is 1410. The first-order valence-corrected chi connectivity index (χ1v) is 12.1. The fourth-order valence-electron chi connectivity index (χ4n) is 5.13. The van der Waals surface area contributed by atoms with E-state index in [9.17, 15) is 9.90 Å². The SMILES string of the molecule is Cn1cc2cc(-c3ccc(C#N)cc3)cc(COCC3(c4ccccc4)CCN(C(=O)O)CC3)c2n1. The van der Waals surface area contributed by atoms with Crippen molar-refractivity contribution >= 4 is 17.0 Å².